The third-order valence-electron chi connectivity index (χ3n) is 4.29. The molecule has 0 saturated carbocycles. The van der Waals surface area contributed by atoms with E-state index in [9.17, 15) is 9.59 Å². The molecular formula is C19H22N4O2. The number of benzene rings is 2. The van der Waals surface area contributed by atoms with Crippen LogP contribution in [0, 0.1) is 0 Å². The molecule has 0 aromatic heterocycles. The molecule has 3 amide bonds. The number of piperidine rings is 1. The van der Waals surface area contributed by atoms with E-state index in [1.54, 1.807) is 29.2 Å². The zero-order valence-corrected chi connectivity index (χ0v) is 13.9. The smallest absolute Gasteiger partial charge is 0.321 e. The van der Waals surface area contributed by atoms with Crippen molar-refractivity contribution in [3.05, 3.63) is 60.2 Å². The molecule has 3 rings (SSSR count). The van der Waals surface area contributed by atoms with Gasteiger partial charge in [0.25, 0.3) is 5.91 Å². The summed E-state index contributed by atoms with van der Waals surface area (Å²) in [4.78, 5) is 26.3. The molecular weight excluding hydrogens is 316 g/mol. The van der Waals surface area contributed by atoms with E-state index in [1.165, 1.54) is 0 Å². The van der Waals surface area contributed by atoms with Crippen LogP contribution in [0.4, 0.5) is 16.2 Å². The van der Waals surface area contributed by atoms with Gasteiger partial charge >= 0.3 is 6.03 Å². The number of nitrogen functional groups attached to an aromatic ring is 1. The van der Waals surface area contributed by atoms with Gasteiger partial charge < -0.3 is 21.3 Å². The lowest BCUT2D eigenvalue weighted by Gasteiger charge is -2.32. The number of hydrogen-bond donors (Lipinski definition) is 3. The van der Waals surface area contributed by atoms with Crippen LogP contribution in [-0.2, 0) is 0 Å². The largest absolute Gasteiger partial charge is 0.399 e. The van der Waals surface area contributed by atoms with E-state index >= 15 is 0 Å². The predicted octanol–water partition coefficient (Wildman–Crippen LogP) is 2.70. The second-order valence-corrected chi connectivity index (χ2v) is 6.16. The fourth-order valence-electron chi connectivity index (χ4n) is 2.90. The number of nitrogens with one attached hydrogen (secondary N) is 2. The van der Waals surface area contributed by atoms with Crippen molar-refractivity contribution in [3.8, 4) is 0 Å². The molecule has 1 fully saturated rings. The van der Waals surface area contributed by atoms with Gasteiger partial charge in [-0.1, -0.05) is 24.3 Å². The van der Waals surface area contributed by atoms with Crippen LogP contribution >= 0.6 is 0 Å². The Labute approximate surface area is 147 Å². The van der Waals surface area contributed by atoms with Crippen molar-refractivity contribution >= 4 is 23.3 Å². The highest BCUT2D eigenvalue weighted by Crippen LogP contribution is 2.14. The third kappa shape index (κ3) is 4.50. The summed E-state index contributed by atoms with van der Waals surface area (Å²) in [6.45, 7) is 1.22. The quantitative estimate of drug-likeness (QED) is 0.752. The summed E-state index contributed by atoms with van der Waals surface area (Å²) in [5.74, 6) is -0.125. The first kappa shape index (κ1) is 16.8. The normalized spacial score (nSPS) is 14.8. The first-order chi connectivity index (χ1) is 12.1. The summed E-state index contributed by atoms with van der Waals surface area (Å²) in [6.07, 6.45) is 1.46. The first-order valence-corrected chi connectivity index (χ1v) is 8.39. The van der Waals surface area contributed by atoms with E-state index in [0.29, 0.717) is 24.3 Å². The minimum absolute atomic E-state index is 0.0645. The third-order valence-corrected chi connectivity index (χ3v) is 4.29. The standard InChI is InChI=1S/C19H22N4O2/c20-15-6-4-5-14(13-15)18(24)21-17-9-11-23(12-10-17)19(25)22-16-7-2-1-3-8-16/h1-8,13,17H,9-12,20H2,(H,21,24)(H,22,25). The highest BCUT2D eigenvalue weighted by Gasteiger charge is 2.24. The van der Waals surface area contributed by atoms with Gasteiger partial charge in [-0.2, -0.15) is 0 Å². The second kappa shape index (κ2) is 7.70. The molecule has 1 saturated heterocycles. The fourth-order valence-corrected chi connectivity index (χ4v) is 2.90. The van der Waals surface area contributed by atoms with Crippen LogP contribution in [0.5, 0.6) is 0 Å². The SMILES string of the molecule is Nc1cccc(C(=O)NC2CCN(C(=O)Nc3ccccc3)CC2)c1. The molecule has 0 unspecified atom stereocenters. The molecule has 0 atom stereocenters. The molecule has 0 spiro atoms. The molecule has 130 valence electrons. The Morgan fingerprint density at radius 3 is 2.40 bits per heavy atom. The minimum Gasteiger partial charge on any atom is -0.399 e. The van der Waals surface area contributed by atoms with Crippen molar-refractivity contribution in [1.82, 2.24) is 10.2 Å². The number of hydrogen-bond acceptors (Lipinski definition) is 3. The van der Waals surface area contributed by atoms with Crippen LogP contribution in [0.25, 0.3) is 0 Å². The molecule has 2 aromatic rings. The second-order valence-electron chi connectivity index (χ2n) is 6.16. The van der Waals surface area contributed by atoms with Crippen molar-refractivity contribution in [3.63, 3.8) is 0 Å². The average molecular weight is 338 g/mol. The zero-order valence-electron chi connectivity index (χ0n) is 13.9. The summed E-state index contributed by atoms with van der Waals surface area (Å²) in [6, 6.07) is 16.3. The van der Waals surface area contributed by atoms with Crippen molar-refractivity contribution < 1.29 is 9.59 Å². The molecule has 4 N–H and O–H groups in total. The summed E-state index contributed by atoms with van der Waals surface area (Å²) in [5.41, 5.74) is 7.62. The van der Waals surface area contributed by atoms with Crippen molar-refractivity contribution in [2.24, 2.45) is 0 Å². The van der Waals surface area contributed by atoms with Gasteiger partial charge in [0.05, 0.1) is 0 Å². The van der Waals surface area contributed by atoms with E-state index < -0.39 is 0 Å². The van der Waals surface area contributed by atoms with Crippen molar-refractivity contribution in [2.75, 3.05) is 24.1 Å². The molecule has 25 heavy (non-hydrogen) atoms. The van der Waals surface area contributed by atoms with Gasteiger partial charge in [-0.15, -0.1) is 0 Å². The number of likely N-dealkylation sites (tertiary alicyclic amines) is 1. The molecule has 0 radical (unpaired) electrons. The number of amides is 3. The number of anilines is 2. The zero-order chi connectivity index (χ0) is 17.6. The number of carbonyl (C=O) groups is 2. The highest BCUT2D eigenvalue weighted by atomic mass is 16.2. The van der Waals surface area contributed by atoms with Crippen LogP contribution < -0.4 is 16.4 Å². The van der Waals surface area contributed by atoms with E-state index in [1.807, 2.05) is 30.3 Å². The average Bonchev–Trinajstić information content (AvgIpc) is 2.63. The number of rotatable bonds is 3. The van der Waals surface area contributed by atoms with Crippen LogP contribution in [0.15, 0.2) is 54.6 Å². The lowest BCUT2D eigenvalue weighted by Crippen LogP contribution is -2.47. The van der Waals surface area contributed by atoms with E-state index in [4.69, 9.17) is 5.73 Å². The predicted molar refractivity (Wildman–Crippen MR) is 98.4 cm³/mol. The molecule has 1 aliphatic heterocycles. The van der Waals surface area contributed by atoms with Crippen molar-refractivity contribution in [1.29, 1.82) is 0 Å². The van der Waals surface area contributed by atoms with Crippen LogP contribution in [0.1, 0.15) is 23.2 Å². The number of nitrogens with two attached hydrogens (primary N) is 1. The molecule has 2 aromatic carbocycles. The topological polar surface area (TPSA) is 87.5 Å². The van der Waals surface area contributed by atoms with Crippen LogP contribution in [0.2, 0.25) is 0 Å². The Bertz CT molecular complexity index is 740. The number of para-hydroxylation sites is 1. The maximum absolute atomic E-state index is 12.3. The van der Waals surface area contributed by atoms with Gasteiger partial charge in [-0.05, 0) is 43.2 Å². The lowest BCUT2D eigenvalue weighted by atomic mass is 10.0. The Morgan fingerprint density at radius 2 is 1.72 bits per heavy atom. The summed E-state index contributed by atoms with van der Waals surface area (Å²) in [7, 11) is 0. The van der Waals surface area contributed by atoms with E-state index in [0.717, 1.165) is 18.5 Å². The van der Waals surface area contributed by atoms with Crippen molar-refractivity contribution in [2.45, 2.75) is 18.9 Å². The van der Waals surface area contributed by atoms with E-state index in [2.05, 4.69) is 10.6 Å². The minimum atomic E-state index is -0.125. The van der Waals surface area contributed by atoms with Gasteiger partial charge in [0.2, 0.25) is 0 Å². The van der Waals surface area contributed by atoms with E-state index in [-0.39, 0.29) is 18.0 Å². The Hall–Kier alpha value is -3.02. The maximum Gasteiger partial charge on any atom is 0.321 e. The van der Waals surface area contributed by atoms with Crippen LogP contribution in [-0.4, -0.2) is 36.0 Å². The number of nitrogens with zero attached hydrogens (tertiary/aromatic N) is 1. The number of urea groups is 1. The summed E-state index contributed by atoms with van der Waals surface area (Å²) in [5, 5.41) is 5.90. The van der Waals surface area contributed by atoms with Gasteiger partial charge in [-0.25, -0.2) is 4.79 Å². The Balaban J connectivity index is 1.48. The highest BCUT2D eigenvalue weighted by molar-refractivity contribution is 5.95. The number of carbonyl (C=O) groups excluding carboxylic acids is 2. The van der Waals surface area contributed by atoms with Crippen LogP contribution in [0.3, 0.4) is 0 Å². The van der Waals surface area contributed by atoms with Gasteiger partial charge in [0.15, 0.2) is 0 Å². The molecule has 0 aliphatic carbocycles. The lowest BCUT2D eigenvalue weighted by molar-refractivity contribution is 0.0919. The Kier molecular flexibility index (Phi) is 5.18. The van der Waals surface area contributed by atoms with Gasteiger partial charge in [0.1, 0.15) is 0 Å². The monoisotopic (exact) mass is 338 g/mol. The first-order valence-electron chi connectivity index (χ1n) is 8.39. The Morgan fingerprint density at radius 1 is 1.00 bits per heavy atom. The molecule has 6 nitrogen and oxygen atoms in total. The van der Waals surface area contributed by atoms with Gasteiger partial charge in [-0.3, -0.25) is 4.79 Å². The van der Waals surface area contributed by atoms with Gasteiger partial charge in [0, 0.05) is 36.1 Å². The molecule has 1 aliphatic rings. The molecule has 6 heteroatoms. The maximum atomic E-state index is 12.3. The molecule has 0 bridgehead atoms. The molecule has 1 heterocycles. The fraction of sp³-hybridized carbons (Fsp3) is 0.263. The summed E-state index contributed by atoms with van der Waals surface area (Å²) >= 11 is 0. The summed E-state index contributed by atoms with van der Waals surface area (Å²) < 4.78 is 0.